The minimum absolute atomic E-state index is 0.167. The van der Waals surface area contributed by atoms with Crippen LogP contribution in [0.3, 0.4) is 0 Å². The number of hydrogen-bond donors (Lipinski definition) is 1. The fourth-order valence-electron chi connectivity index (χ4n) is 1.28. The first-order valence-electron chi connectivity index (χ1n) is 4.71. The molecule has 0 fully saturated rings. The van der Waals surface area contributed by atoms with Crippen molar-refractivity contribution in [3.05, 3.63) is 42.7 Å². The van der Waals surface area contributed by atoms with E-state index in [1.807, 2.05) is 24.3 Å². The number of aromatic nitrogens is 1. The Morgan fingerprint density at radius 2 is 2.36 bits per heavy atom. The number of aliphatic hydroxyl groups excluding tert-OH is 1. The molecule has 0 aliphatic rings. The van der Waals surface area contributed by atoms with Gasteiger partial charge < -0.3 is 5.11 Å². The van der Waals surface area contributed by atoms with Gasteiger partial charge in [0, 0.05) is 25.8 Å². The molecule has 3 nitrogen and oxygen atoms in total. The Balaban J connectivity index is 2.50. The van der Waals surface area contributed by atoms with Gasteiger partial charge in [0.25, 0.3) is 0 Å². The molecule has 0 aliphatic heterocycles. The van der Waals surface area contributed by atoms with E-state index in [0.717, 1.165) is 18.8 Å². The molecule has 0 radical (unpaired) electrons. The van der Waals surface area contributed by atoms with Crippen LogP contribution in [-0.4, -0.2) is 34.7 Å². The summed E-state index contributed by atoms with van der Waals surface area (Å²) in [6.07, 6.45) is 3.61. The van der Waals surface area contributed by atoms with Crippen molar-refractivity contribution < 1.29 is 5.11 Å². The van der Waals surface area contributed by atoms with Gasteiger partial charge in [-0.3, -0.25) is 9.88 Å². The molecular weight excluding hydrogens is 176 g/mol. The maximum absolute atomic E-state index is 8.84. The van der Waals surface area contributed by atoms with E-state index in [0.29, 0.717) is 6.54 Å². The smallest absolute Gasteiger partial charge is 0.0558 e. The average molecular weight is 192 g/mol. The van der Waals surface area contributed by atoms with Crippen LogP contribution in [0.1, 0.15) is 5.69 Å². The molecule has 76 valence electrons. The Hall–Kier alpha value is -1.19. The van der Waals surface area contributed by atoms with Crippen molar-refractivity contribution in [1.29, 1.82) is 0 Å². The zero-order valence-electron chi connectivity index (χ0n) is 8.26. The van der Waals surface area contributed by atoms with Gasteiger partial charge in [-0.25, -0.2) is 0 Å². The lowest BCUT2D eigenvalue weighted by Crippen LogP contribution is -2.26. The van der Waals surface area contributed by atoms with Crippen molar-refractivity contribution in [2.45, 2.75) is 6.54 Å². The van der Waals surface area contributed by atoms with Crippen LogP contribution >= 0.6 is 0 Å². The standard InChI is InChI=1S/C11H16N2O/c1-2-7-13(8-9-14)10-11-5-3-4-6-12-11/h2-6,14H,1,7-10H2. The quantitative estimate of drug-likeness (QED) is 0.685. The van der Waals surface area contributed by atoms with Gasteiger partial charge in [0.2, 0.25) is 0 Å². The third kappa shape index (κ3) is 3.68. The van der Waals surface area contributed by atoms with Gasteiger partial charge in [-0.2, -0.15) is 0 Å². The molecule has 0 saturated carbocycles. The summed E-state index contributed by atoms with van der Waals surface area (Å²) in [5.74, 6) is 0. The second kappa shape index (κ2) is 6.29. The van der Waals surface area contributed by atoms with Crippen molar-refractivity contribution in [2.75, 3.05) is 19.7 Å². The summed E-state index contributed by atoms with van der Waals surface area (Å²) in [4.78, 5) is 6.32. The Morgan fingerprint density at radius 3 is 2.93 bits per heavy atom. The normalized spacial score (nSPS) is 10.4. The molecule has 1 N–H and O–H groups in total. The van der Waals surface area contributed by atoms with Gasteiger partial charge in [-0.15, -0.1) is 6.58 Å². The maximum Gasteiger partial charge on any atom is 0.0558 e. The Bertz CT molecular complexity index is 261. The molecule has 0 saturated heterocycles. The molecule has 3 heteroatoms. The predicted octanol–water partition coefficient (Wildman–Crippen LogP) is 1.06. The van der Waals surface area contributed by atoms with Gasteiger partial charge in [0.15, 0.2) is 0 Å². The molecule has 1 heterocycles. The molecule has 14 heavy (non-hydrogen) atoms. The highest BCUT2D eigenvalue weighted by atomic mass is 16.3. The summed E-state index contributed by atoms with van der Waals surface area (Å²) in [6, 6.07) is 5.84. The van der Waals surface area contributed by atoms with Gasteiger partial charge in [0.05, 0.1) is 12.3 Å². The van der Waals surface area contributed by atoms with Crippen LogP contribution in [-0.2, 0) is 6.54 Å². The largest absolute Gasteiger partial charge is 0.395 e. The Labute approximate surface area is 84.7 Å². The highest BCUT2D eigenvalue weighted by Gasteiger charge is 2.03. The Morgan fingerprint density at radius 1 is 1.50 bits per heavy atom. The molecule has 1 aromatic rings. The highest BCUT2D eigenvalue weighted by Crippen LogP contribution is 2.00. The van der Waals surface area contributed by atoms with E-state index in [9.17, 15) is 0 Å². The minimum atomic E-state index is 0.167. The molecule has 0 amide bonds. The average Bonchev–Trinajstić information content (AvgIpc) is 2.20. The van der Waals surface area contributed by atoms with Gasteiger partial charge >= 0.3 is 0 Å². The molecule has 0 spiro atoms. The molecular formula is C11H16N2O. The highest BCUT2D eigenvalue weighted by molar-refractivity contribution is 5.03. The summed E-state index contributed by atoms with van der Waals surface area (Å²) in [5.41, 5.74) is 1.02. The van der Waals surface area contributed by atoms with E-state index in [4.69, 9.17) is 5.11 Å². The van der Waals surface area contributed by atoms with E-state index < -0.39 is 0 Å². The third-order valence-corrected chi connectivity index (χ3v) is 1.92. The van der Waals surface area contributed by atoms with E-state index in [-0.39, 0.29) is 6.61 Å². The summed E-state index contributed by atoms with van der Waals surface area (Å²) in [7, 11) is 0. The van der Waals surface area contributed by atoms with Crippen molar-refractivity contribution in [3.8, 4) is 0 Å². The van der Waals surface area contributed by atoms with Gasteiger partial charge in [-0.05, 0) is 12.1 Å². The zero-order valence-corrected chi connectivity index (χ0v) is 8.26. The van der Waals surface area contributed by atoms with Crippen LogP contribution in [0, 0.1) is 0 Å². The number of hydrogen-bond acceptors (Lipinski definition) is 3. The van der Waals surface area contributed by atoms with Gasteiger partial charge in [0.1, 0.15) is 0 Å². The first-order chi connectivity index (χ1) is 6.86. The van der Waals surface area contributed by atoms with E-state index in [1.165, 1.54) is 0 Å². The molecule has 1 rings (SSSR count). The summed E-state index contributed by atoms with van der Waals surface area (Å²) >= 11 is 0. The summed E-state index contributed by atoms with van der Waals surface area (Å²) < 4.78 is 0. The van der Waals surface area contributed by atoms with E-state index >= 15 is 0 Å². The fraction of sp³-hybridized carbons (Fsp3) is 0.364. The van der Waals surface area contributed by atoms with Crippen LogP contribution in [0.25, 0.3) is 0 Å². The molecule has 0 aromatic carbocycles. The lowest BCUT2D eigenvalue weighted by molar-refractivity contribution is 0.202. The maximum atomic E-state index is 8.84. The number of rotatable bonds is 6. The minimum Gasteiger partial charge on any atom is -0.395 e. The van der Waals surface area contributed by atoms with Crippen LogP contribution in [0.15, 0.2) is 37.1 Å². The monoisotopic (exact) mass is 192 g/mol. The number of pyridine rings is 1. The summed E-state index contributed by atoms with van der Waals surface area (Å²) in [6.45, 7) is 6.04. The van der Waals surface area contributed by atoms with Crippen molar-refractivity contribution in [2.24, 2.45) is 0 Å². The van der Waals surface area contributed by atoms with Crippen LogP contribution in [0.2, 0.25) is 0 Å². The van der Waals surface area contributed by atoms with Gasteiger partial charge in [-0.1, -0.05) is 12.1 Å². The fourth-order valence-corrected chi connectivity index (χ4v) is 1.28. The Kier molecular flexibility index (Phi) is 4.89. The van der Waals surface area contributed by atoms with Crippen LogP contribution in [0.4, 0.5) is 0 Å². The molecule has 1 aromatic heterocycles. The topological polar surface area (TPSA) is 36.4 Å². The second-order valence-electron chi connectivity index (χ2n) is 3.07. The SMILES string of the molecule is C=CCN(CCO)Cc1ccccn1. The first-order valence-corrected chi connectivity index (χ1v) is 4.71. The number of nitrogens with zero attached hydrogens (tertiary/aromatic N) is 2. The van der Waals surface area contributed by atoms with E-state index in [2.05, 4.69) is 16.5 Å². The van der Waals surface area contributed by atoms with Crippen LogP contribution < -0.4 is 0 Å². The molecule has 0 aliphatic carbocycles. The van der Waals surface area contributed by atoms with Crippen molar-refractivity contribution >= 4 is 0 Å². The van der Waals surface area contributed by atoms with Crippen molar-refractivity contribution in [3.63, 3.8) is 0 Å². The lowest BCUT2D eigenvalue weighted by Gasteiger charge is -2.18. The number of aliphatic hydroxyl groups is 1. The van der Waals surface area contributed by atoms with E-state index in [1.54, 1.807) is 6.20 Å². The second-order valence-corrected chi connectivity index (χ2v) is 3.07. The lowest BCUT2D eigenvalue weighted by atomic mass is 10.3. The molecule has 0 unspecified atom stereocenters. The molecule has 0 bridgehead atoms. The first kappa shape index (κ1) is 10.9. The van der Waals surface area contributed by atoms with Crippen molar-refractivity contribution in [1.82, 2.24) is 9.88 Å². The summed E-state index contributed by atoms with van der Waals surface area (Å²) in [5, 5.41) is 8.84. The molecule has 0 atom stereocenters. The zero-order chi connectivity index (χ0) is 10.2. The third-order valence-electron chi connectivity index (χ3n) is 1.92. The van der Waals surface area contributed by atoms with Crippen LogP contribution in [0.5, 0.6) is 0 Å². The predicted molar refractivity (Wildman–Crippen MR) is 56.8 cm³/mol.